The lowest BCUT2D eigenvalue weighted by molar-refractivity contribution is -0.127. The number of anilines is 1. The van der Waals surface area contributed by atoms with E-state index in [9.17, 15) is 9.18 Å². The van der Waals surface area contributed by atoms with Gasteiger partial charge in [-0.1, -0.05) is 31.4 Å². The van der Waals surface area contributed by atoms with Crippen LogP contribution in [0.5, 0.6) is 0 Å². The zero-order chi connectivity index (χ0) is 16.0. The van der Waals surface area contributed by atoms with Gasteiger partial charge in [0, 0.05) is 20.1 Å². The van der Waals surface area contributed by atoms with Crippen molar-refractivity contribution in [1.82, 2.24) is 5.32 Å². The monoisotopic (exact) mass is 307 g/mol. The molecule has 0 bridgehead atoms. The molecule has 22 heavy (non-hydrogen) atoms. The van der Waals surface area contributed by atoms with Crippen LogP contribution in [0.1, 0.15) is 38.5 Å². The molecule has 4 nitrogen and oxygen atoms in total. The number of halogens is 1. The normalized spacial score (nSPS) is 17.0. The molecule has 0 aromatic heterocycles. The van der Waals surface area contributed by atoms with E-state index in [0.717, 1.165) is 32.1 Å². The third-order valence-electron chi connectivity index (χ3n) is 4.42. The Balaban J connectivity index is 1.73. The quantitative estimate of drug-likeness (QED) is 0.794. The van der Waals surface area contributed by atoms with E-state index in [4.69, 9.17) is 5.73 Å². The maximum absolute atomic E-state index is 13.6. The number of carbonyl (C=O) groups excluding carboxylic acids is 1. The van der Waals surface area contributed by atoms with E-state index in [0.29, 0.717) is 18.8 Å². The first-order valence-electron chi connectivity index (χ1n) is 8.06. The standard InChI is InChI=1S/C17H26FN3O/c1-21(15-9-4-3-8-14(15)18)13-7-12-20-16(22)17(19)10-5-2-6-11-17/h3-4,8-9H,2,5-7,10-13,19H2,1H3,(H,20,22). The molecule has 2 rings (SSSR count). The van der Waals surface area contributed by atoms with Crippen LogP contribution < -0.4 is 16.0 Å². The van der Waals surface area contributed by atoms with Gasteiger partial charge in [-0.25, -0.2) is 4.39 Å². The highest BCUT2D eigenvalue weighted by Gasteiger charge is 2.34. The van der Waals surface area contributed by atoms with Crippen LogP contribution in [0.2, 0.25) is 0 Å². The molecule has 1 saturated carbocycles. The van der Waals surface area contributed by atoms with Gasteiger partial charge in [-0.15, -0.1) is 0 Å². The van der Waals surface area contributed by atoms with Gasteiger partial charge in [0.2, 0.25) is 5.91 Å². The van der Waals surface area contributed by atoms with Crippen LogP contribution in [-0.4, -0.2) is 31.6 Å². The van der Waals surface area contributed by atoms with E-state index >= 15 is 0 Å². The number of benzene rings is 1. The van der Waals surface area contributed by atoms with Crippen LogP contribution in [-0.2, 0) is 4.79 Å². The molecule has 1 aromatic rings. The van der Waals surface area contributed by atoms with Crippen molar-refractivity contribution in [1.29, 1.82) is 0 Å². The Hall–Kier alpha value is -1.62. The van der Waals surface area contributed by atoms with Crippen molar-refractivity contribution in [2.45, 2.75) is 44.1 Å². The molecule has 1 amide bonds. The number of rotatable bonds is 6. The Bertz CT molecular complexity index is 500. The number of amides is 1. The van der Waals surface area contributed by atoms with Crippen LogP contribution in [0.15, 0.2) is 24.3 Å². The summed E-state index contributed by atoms with van der Waals surface area (Å²) in [4.78, 5) is 14.0. The maximum Gasteiger partial charge on any atom is 0.240 e. The van der Waals surface area contributed by atoms with E-state index < -0.39 is 5.54 Å². The zero-order valence-electron chi connectivity index (χ0n) is 13.3. The molecule has 0 unspecified atom stereocenters. The average Bonchev–Trinajstić information content (AvgIpc) is 2.52. The van der Waals surface area contributed by atoms with Crippen molar-refractivity contribution in [2.75, 3.05) is 25.0 Å². The van der Waals surface area contributed by atoms with Crippen molar-refractivity contribution in [2.24, 2.45) is 5.73 Å². The fourth-order valence-corrected chi connectivity index (χ4v) is 2.99. The summed E-state index contributed by atoms with van der Waals surface area (Å²) in [7, 11) is 1.85. The van der Waals surface area contributed by atoms with Gasteiger partial charge in [0.05, 0.1) is 11.2 Å². The van der Waals surface area contributed by atoms with Gasteiger partial charge in [0.25, 0.3) is 0 Å². The summed E-state index contributed by atoms with van der Waals surface area (Å²) >= 11 is 0. The lowest BCUT2D eigenvalue weighted by Gasteiger charge is -2.31. The SMILES string of the molecule is CN(CCCNC(=O)C1(N)CCCCC1)c1ccccc1F. The molecule has 3 N–H and O–H groups in total. The molecule has 0 radical (unpaired) electrons. The summed E-state index contributed by atoms with van der Waals surface area (Å²) in [5, 5.41) is 2.93. The molecule has 1 fully saturated rings. The Kier molecular flexibility index (Phi) is 5.77. The van der Waals surface area contributed by atoms with Crippen molar-refractivity contribution in [3.8, 4) is 0 Å². The highest BCUT2D eigenvalue weighted by Crippen LogP contribution is 2.25. The van der Waals surface area contributed by atoms with E-state index in [1.165, 1.54) is 12.5 Å². The second-order valence-electron chi connectivity index (χ2n) is 6.20. The number of nitrogens with one attached hydrogen (secondary N) is 1. The first-order valence-corrected chi connectivity index (χ1v) is 8.06. The minimum Gasteiger partial charge on any atom is -0.372 e. The predicted octanol–water partition coefficient (Wildman–Crippen LogP) is 2.43. The Morgan fingerprint density at radius 2 is 2.00 bits per heavy atom. The number of hydrogen-bond donors (Lipinski definition) is 2. The fourth-order valence-electron chi connectivity index (χ4n) is 2.99. The van der Waals surface area contributed by atoms with Gasteiger partial charge in [-0.2, -0.15) is 0 Å². The second kappa shape index (κ2) is 7.58. The molecule has 1 aromatic carbocycles. The number of nitrogens with zero attached hydrogens (tertiary/aromatic N) is 1. The molecule has 1 aliphatic rings. The van der Waals surface area contributed by atoms with Crippen LogP contribution in [0.4, 0.5) is 10.1 Å². The molecule has 122 valence electrons. The molecule has 5 heteroatoms. The number of para-hydroxylation sites is 1. The van der Waals surface area contributed by atoms with Crippen LogP contribution in [0.3, 0.4) is 0 Å². The van der Waals surface area contributed by atoms with E-state index in [2.05, 4.69) is 5.32 Å². The van der Waals surface area contributed by atoms with E-state index in [1.54, 1.807) is 12.1 Å². The minimum atomic E-state index is -0.685. The lowest BCUT2D eigenvalue weighted by atomic mass is 9.82. The first-order chi connectivity index (χ1) is 10.5. The number of carbonyl (C=O) groups is 1. The molecular formula is C17H26FN3O. The summed E-state index contributed by atoms with van der Waals surface area (Å²) in [5.41, 5.74) is 6.08. The van der Waals surface area contributed by atoms with Crippen molar-refractivity contribution >= 4 is 11.6 Å². The second-order valence-corrected chi connectivity index (χ2v) is 6.20. The van der Waals surface area contributed by atoms with Gasteiger partial charge in [0.15, 0.2) is 0 Å². The third kappa shape index (κ3) is 4.19. The summed E-state index contributed by atoms with van der Waals surface area (Å²) in [6.07, 6.45) is 5.52. The third-order valence-corrected chi connectivity index (χ3v) is 4.42. The number of hydrogen-bond acceptors (Lipinski definition) is 3. The molecule has 0 aliphatic heterocycles. The highest BCUT2D eigenvalue weighted by molar-refractivity contribution is 5.86. The topological polar surface area (TPSA) is 58.4 Å². The Morgan fingerprint density at radius 1 is 1.32 bits per heavy atom. The first kappa shape index (κ1) is 16.7. The fraction of sp³-hybridized carbons (Fsp3) is 0.588. The largest absolute Gasteiger partial charge is 0.372 e. The van der Waals surface area contributed by atoms with Crippen molar-refractivity contribution in [3.05, 3.63) is 30.1 Å². The van der Waals surface area contributed by atoms with Crippen LogP contribution in [0, 0.1) is 5.82 Å². The van der Waals surface area contributed by atoms with Crippen molar-refractivity contribution < 1.29 is 9.18 Å². The summed E-state index contributed by atoms with van der Waals surface area (Å²) < 4.78 is 13.6. The average molecular weight is 307 g/mol. The van der Waals surface area contributed by atoms with Crippen molar-refractivity contribution in [3.63, 3.8) is 0 Å². The predicted molar refractivity (Wildman–Crippen MR) is 87.3 cm³/mol. The molecule has 1 aliphatic carbocycles. The number of nitrogens with two attached hydrogens (primary N) is 1. The lowest BCUT2D eigenvalue weighted by Crippen LogP contribution is -2.55. The van der Waals surface area contributed by atoms with E-state index in [1.807, 2.05) is 18.0 Å². The van der Waals surface area contributed by atoms with Gasteiger partial charge < -0.3 is 16.0 Å². The maximum atomic E-state index is 13.6. The highest BCUT2D eigenvalue weighted by atomic mass is 19.1. The molecule has 0 atom stereocenters. The van der Waals surface area contributed by atoms with Gasteiger partial charge in [-0.3, -0.25) is 4.79 Å². The Morgan fingerprint density at radius 3 is 2.68 bits per heavy atom. The Labute approximate surface area is 131 Å². The smallest absolute Gasteiger partial charge is 0.240 e. The molecular weight excluding hydrogens is 281 g/mol. The summed E-state index contributed by atoms with van der Waals surface area (Å²) in [6, 6.07) is 6.70. The minimum absolute atomic E-state index is 0.0410. The molecule has 0 spiro atoms. The molecule has 0 heterocycles. The summed E-state index contributed by atoms with van der Waals surface area (Å²) in [6.45, 7) is 1.25. The van der Waals surface area contributed by atoms with Gasteiger partial charge >= 0.3 is 0 Å². The van der Waals surface area contributed by atoms with Crippen LogP contribution in [0.25, 0.3) is 0 Å². The van der Waals surface area contributed by atoms with Gasteiger partial charge in [-0.05, 0) is 31.4 Å². The van der Waals surface area contributed by atoms with Gasteiger partial charge in [0.1, 0.15) is 5.82 Å². The zero-order valence-corrected chi connectivity index (χ0v) is 13.3. The van der Waals surface area contributed by atoms with Crippen LogP contribution >= 0.6 is 0 Å². The summed E-state index contributed by atoms with van der Waals surface area (Å²) in [5.74, 6) is -0.266. The molecule has 0 saturated heterocycles. The van der Waals surface area contributed by atoms with E-state index in [-0.39, 0.29) is 11.7 Å².